The van der Waals surface area contributed by atoms with Crippen LogP contribution in [0.4, 0.5) is 5.69 Å². The summed E-state index contributed by atoms with van der Waals surface area (Å²) in [6.45, 7) is 1.13. The Morgan fingerprint density at radius 2 is 1.86 bits per heavy atom. The summed E-state index contributed by atoms with van der Waals surface area (Å²) in [7, 11) is 0. The minimum atomic E-state index is -0.191. The van der Waals surface area contributed by atoms with Crippen molar-refractivity contribution in [3.05, 3.63) is 70.7 Å². The topological polar surface area (TPSA) is 58.6 Å². The molecule has 3 aromatic carbocycles. The largest absolute Gasteiger partial charge is 0.483 e. The smallest absolute Gasteiger partial charge is 0.258 e. The van der Waals surface area contributed by atoms with E-state index in [4.69, 9.17) is 4.74 Å². The molecule has 29 heavy (non-hydrogen) atoms. The van der Waals surface area contributed by atoms with Crippen molar-refractivity contribution in [2.75, 3.05) is 18.1 Å². The number of amides is 2. The maximum atomic E-state index is 12.2. The molecule has 0 aromatic heterocycles. The molecule has 2 amide bonds. The normalized spacial score (nSPS) is 13.7. The number of carbonyl (C=O) groups excluding carboxylic acids is 2. The van der Waals surface area contributed by atoms with Gasteiger partial charge in [0.2, 0.25) is 5.91 Å². The Balaban J connectivity index is 1.30. The first-order chi connectivity index (χ1) is 14.1. The molecule has 6 heteroatoms. The molecule has 0 unspecified atom stereocenters. The lowest BCUT2D eigenvalue weighted by atomic mass is 10.1. The van der Waals surface area contributed by atoms with Crippen LogP contribution in [0.25, 0.3) is 10.8 Å². The number of halogens is 1. The molecule has 1 aliphatic rings. The predicted octanol–water partition coefficient (Wildman–Crippen LogP) is 4.42. The van der Waals surface area contributed by atoms with Gasteiger partial charge in [0, 0.05) is 25.2 Å². The van der Waals surface area contributed by atoms with Gasteiger partial charge < -0.3 is 15.0 Å². The molecule has 0 spiro atoms. The van der Waals surface area contributed by atoms with Crippen molar-refractivity contribution < 1.29 is 14.3 Å². The first-order valence-corrected chi connectivity index (χ1v) is 10.4. The van der Waals surface area contributed by atoms with Crippen LogP contribution < -0.4 is 15.0 Å². The third-order valence-corrected chi connectivity index (χ3v) is 5.82. The van der Waals surface area contributed by atoms with E-state index < -0.39 is 0 Å². The maximum absolute atomic E-state index is 12.2. The first-order valence-electron chi connectivity index (χ1n) is 9.58. The van der Waals surface area contributed by atoms with Gasteiger partial charge in [-0.2, -0.15) is 0 Å². The molecule has 0 atom stereocenters. The van der Waals surface area contributed by atoms with Gasteiger partial charge in [0.25, 0.3) is 5.91 Å². The van der Waals surface area contributed by atoms with Gasteiger partial charge >= 0.3 is 0 Å². The monoisotopic (exact) mass is 452 g/mol. The summed E-state index contributed by atoms with van der Waals surface area (Å²) in [4.78, 5) is 25.8. The van der Waals surface area contributed by atoms with Crippen molar-refractivity contribution in [2.45, 2.75) is 19.4 Å². The number of hydrogen-bond donors (Lipinski definition) is 1. The molecule has 1 saturated heterocycles. The average Bonchev–Trinajstić information content (AvgIpc) is 3.18. The highest BCUT2D eigenvalue weighted by Gasteiger charge is 2.21. The van der Waals surface area contributed by atoms with Gasteiger partial charge in [-0.3, -0.25) is 9.59 Å². The van der Waals surface area contributed by atoms with Crippen LogP contribution in [-0.2, 0) is 16.1 Å². The molecule has 0 aliphatic carbocycles. The van der Waals surface area contributed by atoms with Crippen LogP contribution in [0.1, 0.15) is 18.4 Å². The summed E-state index contributed by atoms with van der Waals surface area (Å²) < 4.78 is 6.53. The molecule has 1 heterocycles. The molecule has 0 radical (unpaired) electrons. The molecule has 0 saturated carbocycles. The van der Waals surface area contributed by atoms with E-state index in [1.165, 1.54) is 0 Å². The van der Waals surface area contributed by atoms with Gasteiger partial charge in [0.05, 0.1) is 4.47 Å². The number of carbonyl (C=O) groups is 2. The summed E-state index contributed by atoms with van der Waals surface area (Å²) in [5, 5.41) is 5.01. The number of anilines is 1. The van der Waals surface area contributed by atoms with Crippen molar-refractivity contribution >= 4 is 44.2 Å². The van der Waals surface area contributed by atoms with Crippen LogP contribution in [0, 0.1) is 0 Å². The molecule has 4 rings (SSSR count). The summed E-state index contributed by atoms with van der Waals surface area (Å²) in [5.41, 5.74) is 1.88. The van der Waals surface area contributed by atoms with E-state index in [2.05, 4.69) is 21.2 Å². The molecule has 5 nitrogen and oxygen atoms in total. The maximum Gasteiger partial charge on any atom is 0.258 e. The van der Waals surface area contributed by atoms with Gasteiger partial charge in [-0.05, 0) is 56.9 Å². The summed E-state index contributed by atoms with van der Waals surface area (Å²) in [6.07, 6.45) is 1.52. The highest BCUT2D eigenvalue weighted by atomic mass is 79.9. The molecular weight excluding hydrogens is 432 g/mol. The van der Waals surface area contributed by atoms with E-state index in [1.54, 1.807) is 4.90 Å². The number of fused-ring (bicyclic) bond motifs is 1. The lowest BCUT2D eigenvalue weighted by molar-refractivity contribution is -0.123. The Labute approximate surface area is 177 Å². The van der Waals surface area contributed by atoms with E-state index >= 15 is 0 Å². The van der Waals surface area contributed by atoms with Crippen LogP contribution in [-0.4, -0.2) is 25.0 Å². The predicted molar refractivity (Wildman–Crippen MR) is 117 cm³/mol. The van der Waals surface area contributed by atoms with Crippen LogP contribution >= 0.6 is 15.9 Å². The Hall–Kier alpha value is -2.86. The van der Waals surface area contributed by atoms with Crippen LogP contribution in [0.5, 0.6) is 5.75 Å². The third kappa shape index (κ3) is 4.43. The second kappa shape index (κ2) is 8.66. The summed E-state index contributed by atoms with van der Waals surface area (Å²) >= 11 is 3.56. The van der Waals surface area contributed by atoms with Gasteiger partial charge in [-0.1, -0.05) is 42.5 Å². The molecule has 0 bridgehead atoms. The number of nitrogens with one attached hydrogen (secondary N) is 1. The second-order valence-corrected chi connectivity index (χ2v) is 7.77. The zero-order valence-electron chi connectivity index (χ0n) is 15.9. The Morgan fingerprint density at radius 1 is 1.07 bits per heavy atom. The Morgan fingerprint density at radius 3 is 2.62 bits per heavy atom. The fraction of sp³-hybridized carbons (Fsp3) is 0.217. The fourth-order valence-electron chi connectivity index (χ4n) is 3.43. The number of rotatable bonds is 6. The third-order valence-electron chi connectivity index (χ3n) is 5.00. The minimum Gasteiger partial charge on any atom is -0.483 e. The highest BCUT2D eigenvalue weighted by Crippen LogP contribution is 2.33. The first kappa shape index (κ1) is 19.5. The lowest BCUT2D eigenvalue weighted by Gasteiger charge is -2.16. The number of benzene rings is 3. The van der Waals surface area contributed by atoms with Crippen LogP contribution in [0.3, 0.4) is 0 Å². The standard InChI is InChI=1S/C23H21BrN2O3/c24-23-19-5-2-1-4-17(19)9-12-20(23)29-15-21(27)25-14-16-7-10-18(11-8-16)26-13-3-6-22(26)28/h1-2,4-5,7-12H,3,6,13-15H2,(H,25,27). The molecule has 1 aliphatic heterocycles. The van der Waals surface area contributed by atoms with E-state index in [0.717, 1.165) is 39.5 Å². The molecule has 1 N–H and O–H groups in total. The molecular formula is C23H21BrN2O3. The lowest BCUT2D eigenvalue weighted by Crippen LogP contribution is -2.28. The summed E-state index contributed by atoms with van der Waals surface area (Å²) in [5.74, 6) is 0.616. The SMILES string of the molecule is O=C(COc1ccc2ccccc2c1Br)NCc1ccc(N2CCCC2=O)cc1. The second-order valence-electron chi connectivity index (χ2n) is 6.98. The van der Waals surface area contributed by atoms with Crippen molar-refractivity contribution in [1.82, 2.24) is 5.32 Å². The minimum absolute atomic E-state index is 0.0582. The molecule has 148 valence electrons. The van der Waals surface area contributed by atoms with Gasteiger partial charge in [0.15, 0.2) is 6.61 Å². The zero-order valence-corrected chi connectivity index (χ0v) is 17.4. The Kier molecular flexibility index (Phi) is 5.81. The summed E-state index contributed by atoms with van der Waals surface area (Å²) in [6, 6.07) is 19.5. The quantitative estimate of drug-likeness (QED) is 0.601. The van der Waals surface area contributed by atoms with Gasteiger partial charge in [-0.25, -0.2) is 0 Å². The van der Waals surface area contributed by atoms with E-state index in [0.29, 0.717) is 18.7 Å². The van der Waals surface area contributed by atoms with Crippen molar-refractivity contribution in [3.8, 4) is 5.75 Å². The van der Waals surface area contributed by atoms with Gasteiger partial charge in [-0.15, -0.1) is 0 Å². The van der Waals surface area contributed by atoms with Crippen molar-refractivity contribution in [2.24, 2.45) is 0 Å². The average molecular weight is 453 g/mol. The number of ether oxygens (including phenoxy) is 1. The van der Waals surface area contributed by atoms with Crippen LogP contribution in [0.2, 0.25) is 0 Å². The molecule has 1 fully saturated rings. The van der Waals surface area contributed by atoms with E-state index in [1.807, 2.05) is 60.7 Å². The van der Waals surface area contributed by atoms with Crippen LogP contribution in [0.15, 0.2) is 65.1 Å². The number of hydrogen-bond acceptors (Lipinski definition) is 3. The van der Waals surface area contributed by atoms with E-state index in [9.17, 15) is 9.59 Å². The van der Waals surface area contributed by atoms with Gasteiger partial charge in [0.1, 0.15) is 5.75 Å². The molecule has 3 aromatic rings. The Bertz CT molecular complexity index is 1050. The van der Waals surface area contributed by atoms with E-state index in [-0.39, 0.29) is 18.4 Å². The highest BCUT2D eigenvalue weighted by molar-refractivity contribution is 9.10. The fourth-order valence-corrected chi connectivity index (χ4v) is 4.04. The van der Waals surface area contributed by atoms with Crippen molar-refractivity contribution in [3.63, 3.8) is 0 Å². The zero-order chi connectivity index (χ0) is 20.2. The number of nitrogens with zero attached hydrogens (tertiary/aromatic N) is 1. The van der Waals surface area contributed by atoms with Crippen molar-refractivity contribution in [1.29, 1.82) is 0 Å².